The van der Waals surface area contributed by atoms with Crippen molar-refractivity contribution in [1.82, 2.24) is 14.9 Å². The summed E-state index contributed by atoms with van der Waals surface area (Å²) in [5, 5.41) is 8.73. The third kappa shape index (κ3) is 6.60. The number of guanidine groups is 1. The number of thiophene rings is 2. The number of aliphatic imine (C=N–C) groups is 1. The molecule has 0 fully saturated rings. The molecule has 0 aromatic carbocycles. The Bertz CT molecular complexity index is 827. The van der Waals surface area contributed by atoms with Crippen LogP contribution in [0.5, 0.6) is 0 Å². The minimum atomic E-state index is -3.38. The van der Waals surface area contributed by atoms with Crippen LogP contribution in [0.3, 0.4) is 0 Å². The average molecular weight is 429 g/mol. The maximum atomic E-state index is 12.2. The highest BCUT2D eigenvalue weighted by Crippen LogP contribution is 2.24. The fourth-order valence-electron chi connectivity index (χ4n) is 2.38. The molecule has 0 spiro atoms. The van der Waals surface area contributed by atoms with Crippen molar-refractivity contribution in [3.8, 4) is 0 Å². The number of nitrogens with one attached hydrogen (secondary N) is 2. The van der Waals surface area contributed by atoms with Gasteiger partial charge in [-0.3, -0.25) is 0 Å². The molecule has 1 unspecified atom stereocenters. The molecule has 27 heavy (non-hydrogen) atoms. The van der Waals surface area contributed by atoms with Gasteiger partial charge < -0.3 is 10.6 Å². The molecule has 0 aliphatic rings. The highest BCUT2D eigenvalue weighted by atomic mass is 32.2. The van der Waals surface area contributed by atoms with Crippen molar-refractivity contribution in [2.75, 3.05) is 27.2 Å². The summed E-state index contributed by atoms with van der Waals surface area (Å²) in [5.41, 5.74) is 0. The second-order valence-electron chi connectivity index (χ2n) is 6.47. The molecular formula is C18H28N4O2S3. The molecule has 0 aliphatic carbocycles. The predicted octanol–water partition coefficient (Wildman–Crippen LogP) is 2.99. The van der Waals surface area contributed by atoms with Crippen LogP contribution in [0.25, 0.3) is 0 Å². The third-order valence-corrected chi connectivity index (χ3v) is 8.11. The summed E-state index contributed by atoms with van der Waals surface area (Å²) < 4.78 is 25.9. The first-order valence-electron chi connectivity index (χ1n) is 8.88. The molecule has 150 valence electrons. The molecule has 0 aliphatic heterocycles. The van der Waals surface area contributed by atoms with Crippen LogP contribution in [0.2, 0.25) is 0 Å². The van der Waals surface area contributed by atoms with Crippen LogP contribution in [0.15, 0.2) is 38.8 Å². The van der Waals surface area contributed by atoms with Gasteiger partial charge in [-0.05, 0) is 42.8 Å². The molecule has 2 heterocycles. The van der Waals surface area contributed by atoms with E-state index in [1.165, 1.54) is 34.6 Å². The van der Waals surface area contributed by atoms with E-state index in [0.29, 0.717) is 16.7 Å². The molecule has 0 saturated carbocycles. The molecule has 2 aromatic rings. The monoisotopic (exact) mass is 428 g/mol. The number of hydrogen-bond acceptors (Lipinski definition) is 5. The largest absolute Gasteiger partial charge is 0.357 e. The van der Waals surface area contributed by atoms with E-state index in [9.17, 15) is 8.42 Å². The molecule has 9 heteroatoms. The zero-order chi connectivity index (χ0) is 19.9. The Morgan fingerprint density at radius 2 is 2.00 bits per heavy atom. The molecule has 1 atom stereocenters. The van der Waals surface area contributed by atoms with E-state index >= 15 is 0 Å². The van der Waals surface area contributed by atoms with Crippen LogP contribution in [-0.2, 0) is 23.0 Å². The lowest BCUT2D eigenvalue weighted by Crippen LogP contribution is -2.39. The minimum Gasteiger partial charge on any atom is -0.357 e. The summed E-state index contributed by atoms with van der Waals surface area (Å²) in [6.07, 6.45) is 1.04. The molecule has 0 radical (unpaired) electrons. The van der Waals surface area contributed by atoms with Crippen molar-refractivity contribution >= 4 is 38.7 Å². The summed E-state index contributed by atoms with van der Waals surface area (Å²) in [6.45, 7) is 6.29. The average Bonchev–Trinajstić information content (AvgIpc) is 3.29. The summed E-state index contributed by atoms with van der Waals surface area (Å²) >= 11 is 3.05. The second kappa shape index (κ2) is 10.2. The third-order valence-electron chi connectivity index (χ3n) is 3.86. The lowest BCUT2D eigenvalue weighted by molar-refractivity contribution is 0.523. The zero-order valence-electron chi connectivity index (χ0n) is 16.2. The topological polar surface area (TPSA) is 73.8 Å². The van der Waals surface area contributed by atoms with Gasteiger partial charge >= 0.3 is 0 Å². The van der Waals surface area contributed by atoms with E-state index in [1.54, 1.807) is 17.4 Å². The molecule has 0 bridgehead atoms. The van der Waals surface area contributed by atoms with Crippen molar-refractivity contribution in [3.63, 3.8) is 0 Å². The van der Waals surface area contributed by atoms with Crippen LogP contribution in [0.1, 0.15) is 23.6 Å². The van der Waals surface area contributed by atoms with Crippen molar-refractivity contribution in [3.05, 3.63) is 39.4 Å². The Hall–Kier alpha value is -1.42. The van der Waals surface area contributed by atoms with Gasteiger partial charge in [0.1, 0.15) is 4.21 Å². The Morgan fingerprint density at radius 3 is 2.63 bits per heavy atom. The van der Waals surface area contributed by atoms with Crippen molar-refractivity contribution < 1.29 is 8.42 Å². The van der Waals surface area contributed by atoms with Crippen LogP contribution in [0.4, 0.5) is 0 Å². The van der Waals surface area contributed by atoms with Gasteiger partial charge in [0.25, 0.3) is 10.0 Å². The molecule has 0 saturated heterocycles. The molecule has 2 N–H and O–H groups in total. The fraction of sp³-hybridized carbons (Fsp3) is 0.500. The minimum absolute atomic E-state index is 0.347. The summed E-state index contributed by atoms with van der Waals surface area (Å²) in [5.74, 6) is 1.24. The maximum absolute atomic E-state index is 12.2. The van der Waals surface area contributed by atoms with Gasteiger partial charge in [-0.15, -0.1) is 22.7 Å². The molecule has 2 rings (SSSR count). The van der Waals surface area contributed by atoms with Gasteiger partial charge in [0, 0.05) is 36.9 Å². The lowest BCUT2D eigenvalue weighted by atomic mass is 10.1. The number of nitrogens with zero attached hydrogens (tertiary/aromatic N) is 2. The first-order chi connectivity index (χ1) is 12.8. The molecule has 0 amide bonds. The Balaban J connectivity index is 1.94. The zero-order valence-corrected chi connectivity index (χ0v) is 18.7. The van der Waals surface area contributed by atoms with E-state index in [4.69, 9.17) is 0 Å². The Kier molecular flexibility index (Phi) is 8.28. The number of hydrogen-bond donors (Lipinski definition) is 2. The SMILES string of the molecule is CCNC(=NCc1ccc(S(=O)(=O)N(C)C)s1)NCC(C)Cc1cccs1. The summed E-state index contributed by atoms with van der Waals surface area (Å²) in [7, 11) is -0.300. The van der Waals surface area contributed by atoms with Crippen molar-refractivity contribution in [2.45, 2.75) is 31.0 Å². The van der Waals surface area contributed by atoms with E-state index in [0.717, 1.165) is 30.3 Å². The van der Waals surface area contributed by atoms with Gasteiger partial charge in [0.05, 0.1) is 6.54 Å². The molecule has 2 aromatic heterocycles. The normalized spacial score (nSPS) is 13.7. The lowest BCUT2D eigenvalue weighted by Gasteiger charge is -2.15. The number of rotatable bonds is 9. The summed E-state index contributed by atoms with van der Waals surface area (Å²) in [4.78, 5) is 6.90. The van der Waals surface area contributed by atoms with Gasteiger partial charge in [0.2, 0.25) is 0 Å². The number of sulfonamides is 1. The predicted molar refractivity (Wildman–Crippen MR) is 115 cm³/mol. The molecule has 6 nitrogen and oxygen atoms in total. The maximum Gasteiger partial charge on any atom is 0.252 e. The quantitative estimate of drug-likeness (QED) is 0.476. The van der Waals surface area contributed by atoms with Crippen LogP contribution < -0.4 is 10.6 Å². The Labute approximate surface area is 170 Å². The van der Waals surface area contributed by atoms with E-state index in [1.807, 2.05) is 13.0 Å². The highest BCUT2D eigenvalue weighted by Gasteiger charge is 2.19. The van der Waals surface area contributed by atoms with E-state index in [-0.39, 0.29) is 0 Å². The highest BCUT2D eigenvalue weighted by molar-refractivity contribution is 7.91. The van der Waals surface area contributed by atoms with Crippen molar-refractivity contribution in [2.24, 2.45) is 10.9 Å². The second-order valence-corrected chi connectivity index (χ2v) is 11.1. The standard InChI is InChI=1S/C18H28N4O2S3/c1-5-19-18(20-12-14(2)11-15-7-6-10-25-15)21-13-16-8-9-17(26-16)27(23,24)22(3)4/h6-10,14H,5,11-13H2,1-4H3,(H2,19,20,21). The van der Waals surface area contributed by atoms with Gasteiger partial charge in [-0.25, -0.2) is 17.7 Å². The smallest absolute Gasteiger partial charge is 0.252 e. The van der Waals surface area contributed by atoms with Gasteiger partial charge in [-0.2, -0.15) is 0 Å². The van der Waals surface area contributed by atoms with Gasteiger partial charge in [-0.1, -0.05) is 13.0 Å². The molecular weight excluding hydrogens is 400 g/mol. The van der Waals surface area contributed by atoms with E-state index < -0.39 is 10.0 Å². The summed E-state index contributed by atoms with van der Waals surface area (Å²) in [6, 6.07) is 7.72. The Morgan fingerprint density at radius 1 is 1.22 bits per heavy atom. The fourth-order valence-corrected chi connectivity index (χ4v) is 5.69. The van der Waals surface area contributed by atoms with Crippen molar-refractivity contribution in [1.29, 1.82) is 0 Å². The van der Waals surface area contributed by atoms with Crippen LogP contribution >= 0.6 is 22.7 Å². The van der Waals surface area contributed by atoms with Crippen LogP contribution in [0, 0.1) is 5.92 Å². The first kappa shape index (κ1) is 21.9. The first-order valence-corrected chi connectivity index (χ1v) is 12.0. The van der Waals surface area contributed by atoms with E-state index in [2.05, 4.69) is 40.1 Å². The van der Waals surface area contributed by atoms with Gasteiger partial charge in [0.15, 0.2) is 5.96 Å². The van der Waals surface area contributed by atoms with Crippen LogP contribution in [-0.4, -0.2) is 45.9 Å².